The fourth-order valence-electron chi connectivity index (χ4n) is 1.92. The molecule has 1 saturated carbocycles. The lowest BCUT2D eigenvalue weighted by molar-refractivity contribution is 0.162. The van der Waals surface area contributed by atoms with Crippen LogP contribution in [-0.2, 0) is 4.74 Å². The van der Waals surface area contributed by atoms with E-state index < -0.39 is 0 Å². The molecule has 0 aromatic carbocycles. The van der Waals surface area contributed by atoms with E-state index in [1.807, 2.05) is 0 Å². The maximum Gasteiger partial charge on any atom is 0.0613 e. The zero-order valence-corrected chi connectivity index (χ0v) is 9.31. The first-order chi connectivity index (χ1) is 6.22. The molecule has 0 saturated heterocycles. The Bertz CT molecular complexity index is 135. The van der Waals surface area contributed by atoms with Crippen LogP contribution in [0.4, 0.5) is 0 Å². The largest absolute Gasteiger partial charge is 0.383 e. The Labute approximate surface area is 86.0 Å². The second-order valence-corrected chi connectivity index (χ2v) is 4.59. The van der Waals surface area contributed by atoms with Crippen LogP contribution in [0, 0.1) is 0 Å². The molecule has 1 N–H and O–H groups in total. The highest BCUT2D eigenvalue weighted by atomic mass is 35.5. The van der Waals surface area contributed by atoms with Crippen molar-refractivity contribution >= 4 is 11.6 Å². The molecule has 1 fully saturated rings. The summed E-state index contributed by atoms with van der Waals surface area (Å²) in [6, 6.07) is 1.11. The van der Waals surface area contributed by atoms with Gasteiger partial charge in [0.1, 0.15) is 0 Å². The molecule has 0 radical (unpaired) electrons. The van der Waals surface area contributed by atoms with Crippen molar-refractivity contribution in [1.82, 2.24) is 5.32 Å². The predicted octanol–water partition coefficient (Wildman–Crippen LogP) is 2.16. The van der Waals surface area contributed by atoms with E-state index in [4.69, 9.17) is 16.3 Å². The number of hydrogen-bond donors (Lipinski definition) is 1. The molecule has 2 nitrogen and oxygen atoms in total. The molecule has 78 valence electrons. The molecule has 1 aliphatic carbocycles. The highest BCUT2D eigenvalue weighted by Crippen LogP contribution is 2.22. The average molecular weight is 206 g/mol. The summed E-state index contributed by atoms with van der Waals surface area (Å²) in [7, 11) is 1.74. The van der Waals surface area contributed by atoms with Crippen molar-refractivity contribution in [3.05, 3.63) is 0 Å². The van der Waals surface area contributed by atoms with E-state index in [1.54, 1.807) is 7.11 Å². The van der Waals surface area contributed by atoms with Gasteiger partial charge in [0.2, 0.25) is 0 Å². The summed E-state index contributed by atoms with van der Waals surface area (Å²) in [5.41, 5.74) is 0. The third-order valence-corrected chi connectivity index (χ3v) is 3.03. The van der Waals surface area contributed by atoms with Crippen molar-refractivity contribution in [3.63, 3.8) is 0 Å². The minimum absolute atomic E-state index is 0.413. The van der Waals surface area contributed by atoms with Gasteiger partial charge in [0.15, 0.2) is 0 Å². The summed E-state index contributed by atoms with van der Waals surface area (Å²) in [5, 5.41) is 3.97. The SMILES string of the molecule is COCC(C)NC1CCC(Cl)CC1. The van der Waals surface area contributed by atoms with E-state index in [2.05, 4.69) is 12.2 Å². The summed E-state index contributed by atoms with van der Waals surface area (Å²) >= 11 is 6.03. The number of hydrogen-bond acceptors (Lipinski definition) is 2. The number of halogens is 1. The highest BCUT2D eigenvalue weighted by molar-refractivity contribution is 6.20. The fraction of sp³-hybridized carbons (Fsp3) is 1.00. The first-order valence-electron chi connectivity index (χ1n) is 5.11. The molecule has 0 aromatic heterocycles. The van der Waals surface area contributed by atoms with E-state index in [0.717, 1.165) is 19.4 Å². The quantitative estimate of drug-likeness (QED) is 0.711. The van der Waals surface area contributed by atoms with Gasteiger partial charge in [-0.2, -0.15) is 0 Å². The molecule has 13 heavy (non-hydrogen) atoms. The molecule has 1 aliphatic rings. The lowest BCUT2D eigenvalue weighted by Gasteiger charge is -2.28. The van der Waals surface area contributed by atoms with E-state index >= 15 is 0 Å². The van der Waals surface area contributed by atoms with Crippen molar-refractivity contribution in [3.8, 4) is 0 Å². The summed E-state index contributed by atoms with van der Waals surface area (Å²) in [5.74, 6) is 0. The lowest BCUT2D eigenvalue weighted by Crippen LogP contribution is -2.41. The van der Waals surface area contributed by atoms with E-state index in [9.17, 15) is 0 Å². The van der Waals surface area contributed by atoms with Crippen LogP contribution in [0.1, 0.15) is 32.6 Å². The third-order valence-electron chi connectivity index (χ3n) is 2.59. The van der Waals surface area contributed by atoms with Gasteiger partial charge < -0.3 is 10.1 Å². The van der Waals surface area contributed by atoms with Crippen molar-refractivity contribution in [2.45, 2.75) is 50.1 Å². The molecular formula is C10H20ClNO. The third kappa shape index (κ3) is 4.30. The Balaban J connectivity index is 2.14. The topological polar surface area (TPSA) is 21.3 Å². The molecule has 1 unspecified atom stereocenters. The molecule has 0 aliphatic heterocycles. The van der Waals surface area contributed by atoms with Crippen LogP contribution in [0.2, 0.25) is 0 Å². The number of ether oxygens (including phenoxy) is 1. The van der Waals surface area contributed by atoms with Crippen LogP contribution in [-0.4, -0.2) is 31.2 Å². The maximum absolute atomic E-state index is 6.03. The second kappa shape index (κ2) is 5.84. The van der Waals surface area contributed by atoms with E-state index in [-0.39, 0.29) is 0 Å². The summed E-state index contributed by atoms with van der Waals surface area (Å²) < 4.78 is 5.08. The van der Waals surface area contributed by atoms with Crippen molar-refractivity contribution < 1.29 is 4.74 Å². The number of rotatable bonds is 4. The van der Waals surface area contributed by atoms with Crippen LogP contribution in [0.5, 0.6) is 0 Å². The molecule has 0 bridgehead atoms. The Morgan fingerprint density at radius 3 is 2.54 bits per heavy atom. The molecule has 3 heteroatoms. The van der Waals surface area contributed by atoms with Crippen LogP contribution < -0.4 is 5.32 Å². The number of methoxy groups -OCH3 is 1. The molecule has 0 aromatic rings. The normalized spacial score (nSPS) is 31.6. The monoisotopic (exact) mass is 205 g/mol. The van der Waals surface area contributed by atoms with Gasteiger partial charge in [0.25, 0.3) is 0 Å². The fourth-order valence-corrected chi connectivity index (χ4v) is 2.17. The van der Waals surface area contributed by atoms with Crippen LogP contribution in [0.25, 0.3) is 0 Å². The van der Waals surface area contributed by atoms with Gasteiger partial charge in [0, 0.05) is 24.6 Å². The van der Waals surface area contributed by atoms with Crippen molar-refractivity contribution in [2.75, 3.05) is 13.7 Å². The Morgan fingerprint density at radius 2 is 2.00 bits per heavy atom. The lowest BCUT2D eigenvalue weighted by atomic mass is 9.94. The summed E-state index contributed by atoms with van der Waals surface area (Å²) in [6.07, 6.45) is 4.72. The molecule has 0 spiro atoms. The minimum atomic E-state index is 0.413. The van der Waals surface area contributed by atoms with Crippen molar-refractivity contribution in [1.29, 1.82) is 0 Å². The van der Waals surface area contributed by atoms with Gasteiger partial charge in [-0.15, -0.1) is 11.6 Å². The molecule has 1 atom stereocenters. The summed E-state index contributed by atoms with van der Waals surface area (Å²) in [6.45, 7) is 2.96. The van der Waals surface area contributed by atoms with E-state index in [0.29, 0.717) is 17.5 Å². The van der Waals surface area contributed by atoms with Crippen molar-refractivity contribution in [2.24, 2.45) is 0 Å². The van der Waals surface area contributed by atoms with Gasteiger partial charge in [-0.05, 0) is 32.6 Å². The highest BCUT2D eigenvalue weighted by Gasteiger charge is 2.20. The molecule has 1 rings (SSSR count). The first kappa shape index (κ1) is 11.3. The van der Waals surface area contributed by atoms with Gasteiger partial charge in [-0.3, -0.25) is 0 Å². The Hall–Kier alpha value is 0.210. The van der Waals surface area contributed by atoms with E-state index in [1.165, 1.54) is 12.8 Å². The zero-order valence-electron chi connectivity index (χ0n) is 8.55. The maximum atomic E-state index is 6.03. The smallest absolute Gasteiger partial charge is 0.0613 e. The van der Waals surface area contributed by atoms with Gasteiger partial charge >= 0.3 is 0 Å². The Kier molecular flexibility index (Phi) is 5.07. The standard InChI is InChI=1S/C10H20ClNO/c1-8(7-13-2)12-10-5-3-9(11)4-6-10/h8-10,12H,3-7H2,1-2H3. The minimum Gasteiger partial charge on any atom is -0.383 e. The van der Waals surface area contributed by atoms with Gasteiger partial charge in [0.05, 0.1) is 6.61 Å². The molecule has 0 heterocycles. The number of alkyl halides is 1. The molecular weight excluding hydrogens is 186 g/mol. The first-order valence-corrected chi connectivity index (χ1v) is 5.55. The summed E-state index contributed by atoms with van der Waals surface area (Å²) in [4.78, 5) is 0. The predicted molar refractivity (Wildman–Crippen MR) is 56.4 cm³/mol. The van der Waals surface area contributed by atoms with Gasteiger partial charge in [-0.1, -0.05) is 0 Å². The average Bonchev–Trinajstić information content (AvgIpc) is 2.09. The van der Waals surface area contributed by atoms with Crippen LogP contribution in [0.15, 0.2) is 0 Å². The van der Waals surface area contributed by atoms with Crippen LogP contribution >= 0.6 is 11.6 Å². The van der Waals surface area contributed by atoms with Gasteiger partial charge in [-0.25, -0.2) is 0 Å². The second-order valence-electron chi connectivity index (χ2n) is 3.97. The van der Waals surface area contributed by atoms with Crippen LogP contribution in [0.3, 0.4) is 0 Å². The molecule has 0 amide bonds. The Morgan fingerprint density at radius 1 is 1.38 bits per heavy atom. The zero-order chi connectivity index (χ0) is 9.68. The number of nitrogens with one attached hydrogen (secondary N) is 1.